The van der Waals surface area contributed by atoms with Crippen LogP contribution in [-0.4, -0.2) is 65.6 Å². The van der Waals surface area contributed by atoms with Gasteiger partial charge in [-0.05, 0) is 56.1 Å². The molecule has 10 heteroatoms. The van der Waals surface area contributed by atoms with E-state index < -0.39 is 29.8 Å². The van der Waals surface area contributed by atoms with Gasteiger partial charge in [-0.3, -0.25) is 19.2 Å². The van der Waals surface area contributed by atoms with Crippen LogP contribution in [-0.2, 0) is 14.4 Å². The second-order valence-corrected chi connectivity index (χ2v) is 11.3. The van der Waals surface area contributed by atoms with E-state index >= 15 is 0 Å². The molecule has 2 aliphatic rings. The fourth-order valence-corrected chi connectivity index (χ4v) is 5.09. The van der Waals surface area contributed by atoms with Crippen molar-refractivity contribution in [3.8, 4) is 5.75 Å². The van der Waals surface area contributed by atoms with E-state index in [0.29, 0.717) is 44.3 Å². The summed E-state index contributed by atoms with van der Waals surface area (Å²) in [6, 6.07) is 4.29. The molecule has 10 nitrogen and oxygen atoms in total. The lowest BCUT2D eigenvalue weighted by Crippen LogP contribution is -2.56. The molecule has 0 radical (unpaired) electrons. The Balaban J connectivity index is 1.90. The summed E-state index contributed by atoms with van der Waals surface area (Å²) < 4.78 is 6.05. The van der Waals surface area contributed by atoms with E-state index in [1.54, 1.807) is 24.3 Å². The van der Waals surface area contributed by atoms with Crippen LogP contribution in [0, 0.1) is 11.8 Å². The number of para-hydroxylation sites is 1. The molecule has 0 aromatic heterocycles. The molecule has 1 fully saturated rings. The first-order valence-corrected chi connectivity index (χ1v) is 14.2. The summed E-state index contributed by atoms with van der Waals surface area (Å²) in [6.07, 6.45) is 3.00. The molecule has 0 spiro atoms. The summed E-state index contributed by atoms with van der Waals surface area (Å²) in [5.41, 5.74) is 0.237. The van der Waals surface area contributed by atoms with Crippen molar-refractivity contribution in [1.29, 1.82) is 0 Å². The zero-order valence-electron chi connectivity index (χ0n) is 23.5. The lowest BCUT2D eigenvalue weighted by atomic mass is 9.93. The van der Waals surface area contributed by atoms with Gasteiger partial charge in [0.05, 0.1) is 24.1 Å². The normalized spacial score (nSPS) is 27.6. The summed E-state index contributed by atoms with van der Waals surface area (Å²) in [5.74, 6) is -1.36. The number of hydrogen-bond donors (Lipinski definition) is 5. The lowest BCUT2D eigenvalue weighted by molar-refractivity contribution is -0.132. The Morgan fingerprint density at radius 3 is 2.41 bits per heavy atom. The number of ether oxygens (including phenoxy) is 1. The highest BCUT2D eigenvalue weighted by atomic mass is 16.5. The predicted molar refractivity (Wildman–Crippen MR) is 147 cm³/mol. The van der Waals surface area contributed by atoms with Crippen LogP contribution >= 0.6 is 0 Å². The van der Waals surface area contributed by atoms with Gasteiger partial charge >= 0.3 is 0 Å². The summed E-state index contributed by atoms with van der Waals surface area (Å²) >= 11 is 0. The van der Waals surface area contributed by atoms with Crippen molar-refractivity contribution in [2.24, 2.45) is 11.8 Å². The van der Waals surface area contributed by atoms with Crippen LogP contribution in [0.25, 0.3) is 0 Å². The number of amides is 4. The van der Waals surface area contributed by atoms with Crippen molar-refractivity contribution in [3.05, 3.63) is 29.8 Å². The lowest BCUT2D eigenvalue weighted by Gasteiger charge is -2.30. The minimum atomic E-state index is -1.16. The van der Waals surface area contributed by atoms with Crippen molar-refractivity contribution in [1.82, 2.24) is 21.3 Å². The van der Waals surface area contributed by atoms with Gasteiger partial charge in [0.2, 0.25) is 17.7 Å². The molecule has 3 rings (SSSR count). The standard InChI is InChI=1S/C29H44N4O6/c1-5-18(4)26-29(38)31-20(14-17(2)3)16-39-24-9-7-6-8-22(24)27(36)32-23(15-25(35)33-26)28(37)30-19-10-12-21(34)13-11-19/h6-9,17-21,23,26,34H,5,10-16H2,1-4H3,(H,30,37)(H,31,38)(H,32,36)(H,33,35)/t18-,19?,20+,21?,23-,26-/m0/s1. The van der Waals surface area contributed by atoms with Crippen LogP contribution in [0.15, 0.2) is 24.3 Å². The van der Waals surface area contributed by atoms with Crippen LogP contribution in [0.2, 0.25) is 0 Å². The van der Waals surface area contributed by atoms with Gasteiger partial charge in [0.15, 0.2) is 0 Å². The Bertz CT molecular complexity index is 1010. The van der Waals surface area contributed by atoms with Crippen molar-refractivity contribution in [3.63, 3.8) is 0 Å². The molecule has 4 atom stereocenters. The quantitative estimate of drug-likeness (QED) is 0.371. The number of benzene rings is 1. The van der Waals surface area contributed by atoms with Gasteiger partial charge in [-0.1, -0.05) is 46.2 Å². The van der Waals surface area contributed by atoms with E-state index in [2.05, 4.69) is 21.3 Å². The second kappa shape index (κ2) is 14.3. The average molecular weight is 545 g/mol. The first kappa shape index (κ1) is 30.4. The Kier molecular flexibility index (Phi) is 11.2. The number of hydrogen-bond acceptors (Lipinski definition) is 6. The number of aliphatic hydroxyl groups is 1. The van der Waals surface area contributed by atoms with Gasteiger partial charge in [-0.2, -0.15) is 0 Å². The SMILES string of the molecule is CC[C@H](C)[C@@H]1NC(=O)C[C@@H](C(=O)NC2CCC(O)CC2)NC(=O)c2ccccc2OC[C@@H](CC(C)C)NC1=O. The maximum Gasteiger partial charge on any atom is 0.255 e. The first-order chi connectivity index (χ1) is 18.6. The second-order valence-electron chi connectivity index (χ2n) is 11.3. The number of fused-ring (bicyclic) bond motifs is 1. The van der Waals surface area contributed by atoms with Crippen molar-refractivity contribution in [2.75, 3.05) is 6.61 Å². The molecule has 216 valence electrons. The molecule has 0 unspecified atom stereocenters. The van der Waals surface area contributed by atoms with Crippen LogP contribution < -0.4 is 26.0 Å². The molecule has 1 aromatic carbocycles. The summed E-state index contributed by atoms with van der Waals surface area (Å²) in [4.78, 5) is 53.2. The van der Waals surface area contributed by atoms with Gasteiger partial charge in [-0.25, -0.2) is 0 Å². The molecule has 1 aromatic rings. The van der Waals surface area contributed by atoms with Crippen LogP contribution in [0.4, 0.5) is 0 Å². The van der Waals surface area contributed by atoms with Gasteiger partial charge in [0.1, 0.15) is 24.4 Å². The minimum Gasteiger partial charge on any atom is -0.491 e. The highest BCUT2D eigenvalue weighted by Crippen LogP contribution is 2.21. The molecule has 39 heavy (non-hydrogen) atoms. The zero-order chi connectivity index (χ0) is 28.5. The molecule has 5 N–H and O–H groups in total. The Morgan fingerprint density at radius 2 is 1.74 bits per heavy atom. The smallest absolute Gasteiger partial charge is 0.255 e. The molecule has 1 heterocycles. The van der Waals surface area contributed by atoms with E-state index in [-0.39, 0.29) is 54.5 Å². The molecular formula is C29H44N4O6. The summed E-state index contributed by atoms with van der Waals surface area (Å²) in [6.45, 7) is 8.08. The Hall–Kier alpha value is -3.14. The highest BCUT2D eigenvalue weighted by molar-refractivity contribution is 6.01. The van der Waals surface area contributed by atoms with E-state index in [9.17, 15) is 24.3 Å². The number of carbonyl (C=O) groups is 4. The topological polar surface area (TPSA) is 146 Å². The molecule has 1 saturated carbocycles. The van der Waals surface area contributed by atoms with E-state index in [0.717, 1.165) is 0 Å². The van der Waals surface area contributed by atoms with Crippen molar-refractivity contribution < 1.29 is 29.0 Å². The number of aliphatic hydroxyl groups excluding tert-OH is 1. The van der Waals surface area contributed by atoms with Gasteiger partial charge in [0.25, 0.3) is 5.91 Å². The Morgan fingerprint density at radius 1 is 1.05 bits per heavy atom. The molecule has 4 amide bonds. The minimum absolute atomic E-state index is 0.146. The van der Waals surface area contributed by atoms with Gasteiger partial charge < -0.3 is 31.1 Å². The highest BCUT2D eigenvalue weighted by Gasteiger charge is 2.33. The van der Waals surface area contributed by atoms with E-state index in [1.807, 2.05) is 27.7 Å². The Labute approximate surface area is 231 Å². The fraction of sp³-hybridized carbons (Fsp3) is 0.655. The average Bonchev–Trinajstić information content (AvgIpc) is 2.90. The molecule has 0 saturated heterocycles. The summed E-state index contributed by atoms with van der Waals surface area (Å²) in [5, 5.41) is 21.3. The number of nitrogens with one attached hydrogen (secondary N) is 4. The van der Waals surface area contributed by atoms with Crippen molar-refractivity contribution in [2.45, 2.75) is 103 Å². The third kappa shape index (κ3) is 8.95. The monoisotopic (exact) mass is 544 g/mol. The van der Waals surface area contributed by atoms with Gasteiger partial charge in [-0.15, -0.1) is 0 Å². The fourth-order valence-electron chi connectivity index (χ4n) is 5.09. The first-order valence-electron chi connectivity index (χ1n) is 14.2. The molecule has 0 bridgehead atoms. The number of carbonyl (C=O) groups excluding carboxylic acids is 4. The molecule has 1 aliphatic carbocycles. The number of rotatable bonds is 6. The third-order valence-electron chi connectivity index (χ3n) is 7.54. The van der Waals surface area contributed by atoms with Gasteiger partial charge in [0, 0.05) is 6.04 Å². The largest absolute Gasteiger partial charge is 0.491 e. The summed E-state index contributed by atoms with van der Waals surface area (Å²) in [7, 11) is 0. The predicted octanol–water partition coefficient (Wildman–Crippen LogP) is 2.05. The van der Waals surface area contributed by atoms with Crippen molar-refractivity contribution >= 4 is 23.6 Å². The van der Waals surface area contributed by atoms with E-state index in [1.165, 1.54) is 0 Å². The third-order valence-corrected chi connectivity index (χ3v) is 7.54. The van der Waals surface area contributed by atoms with Crippen LogP contribution in [0.5, 0.6) is 5.75 Å². The molecular weight excluding hydrogens is 500 g/mol. The maximum atomic E-state index is 13.4. The maximum absolute atomic E-state index is 13.4. The van der Waals surface area contributed by atoms with Crippen LogP contribution in [0.1, 0.15) is 83.0 Å². The van der Waals surface area contributed by atoms with E-state index in [4.69, 9.17) is 4.74 Å². The molecule has 1 aliphatic heterocycles. The zero-order valence-corrected chi connectivity index (χ0v) is 23.5. The van der Waals surface area contributed by atoms with Crippen LogP contribution in [0.3, 0.4) is 0 Å².